The Morgan fingerprint density at radius 2 is 2.03 bits per heavy atom. The summed E-state index contributed by atoms with van der Waals surface area (Å²) in [6.45, 7) is 0. The molecule has 2 aliphatic carbocycles. The number of carbonyl (C=O) groups is 2. The van der Waals surface area contributed by atoms with Crippen molar-refractivity contribution >= 4 is 29.0 Å². The molecule has 0 saturated heterocycles. The molecule has 2 amide bonds. The molecule has 1 saturated carbocycles. The Labute approximate surface area is 185 Å². The highest BCUT2D eigenvalue weighted by atomic mass is 16.5. The third kappa shape index (κ3) is 3.09. The van der Waals surface area contributed by atoms with Crippen LogP contribution >= 0.6 is 0 Å². The molecular formula is C25H22N4O3. The first-order valence-electron chi connectivity index (χ1n) is 10.8. The summed E-state index contributed by atoms with van der Waals surface area (Å²) in [5.41, 5.74) is 10.6. The van der Waals surface area contributed by atoms with Crippen LogP contribution in [0.15, 0.2) is 54.7 Å². The second-order valence-corrected chi connectivity index (χ2v) is 8.64. The Kier molecular flexibility index (Phi) is 4.18. The Morgan fingerprint density at radius 1 is 1.16 bits per heavy atom. The molecule has 1 aromatic heterocycles. The predicted octanol–water partition coefficient (Wildman–Crippen LogP) is 3.87. The van der Waals surface area contributed by atoms with Gasteiger partial charge in [-0.2, -0.15) is 0 Å². The zero-order valence-corrected chi connectivity index (χ0v) is 17.3. The smallest absolute Gasteiger partial charge is 0.228 e. The number of hydrogen-bond donors (Lipinski definition) is 3. The molecule has 4 N–H and O–H groups in total. The SMILES string of the molecule is Nc1ccccc1NC(=O)C1C2Cc3ccc(Oc4ccnc5c4CCC(=O)N5)cc3C21. The maximum absolute atomic E-state index is 12.9. The quantitative estimate of drug-likeness (QED) is 0.549. The van der Waals surface area contributed by atoms with E-state index in [1.165, 1.54) is 11.1 Å². The topological polar surface area (TPSA) is 106 Å². The third-order valence-corrected chi connectivity index (χ3v) is 6.72. The van der Waals surface area contributed by atoms with Gasteiger partial charge in [-0.1, -0.05) is 18.2 Å². The van der Waals surface area contributed by atoms with E-state index in [0.717, 1.165) is 17.7 Å². The van der Waals surface area contributed by atoms with Gasteiger partial charge in [-0.15, -0.1) is 0 Å². The van der Waals surface area contributed by atoms with Crippen molar-refractivity contribution in [2.75, 3.05) is 16.4 Å². The first kappa shape index (κ1) is 18.9. The van der Waals surface area contributed by atoms with E-state index < -0.39 is 0 Å². The van der Waals surface area contributed by atoms with Gasteiger partial charge in [-0.25, -0.2) is 4.98 Å². The highest BCUT2D eigenvalue weighted by Crippen LogP contribution is 2.62. The first-order valence-corrected chi connectivity index (χ1v) is 10.8. The van der Waals surface area contributed by atoms with E-state index in [0.29, 0.717) is 41.7 Å². The number of pyridine rings is 1. The van der Waals surface area contributed by atoms with Crippen molar-refractivity contribution in [2.24, 2.45) is 11.8 Å². The molecule has 3 atom stereocenters. The molecule has 1 fully saturated rings. The lowest BCUT2D eigenvalue weighted by Gasteiger charge is -2.19. The Morgan fingerprint density at radius 3 is 2.91 bits per heavy atom. The van der Waals surface area contributed by atoms with Gasteiger partial charge in [0.2, 0.25) is 11.8 Å². The van der Waals surface area contributed by atoms with Crippen LogP contribution in [-0.2, 0) is 22.4 Å². The van der Waals surface area contributed by atoms with E-state index in [1.807, 2.05) is 30.3 Å². The largest absolute Gasteiger partial charge is 0.457 e. The summed E-state index contributed by atoms with van der Waals surface area (Å²) in [6, 6.07) is 15.3. The van der Waals surface area contributed by atoms with E-state index in [1.54, 1.807) is 12.3 Å². The fourth-order valence-electron chi connectivity index (χ4n) is 5.10. The Hall–Kier alpha value is -3.87. The number of benzene rings is 2. The standard InChI is InChI=1S/C25H22N4O3/c26-18-3-1-2-4-19(18)28-25(31)23-17-11-13-5-6-14(12-16(13)22(17)23)32-20-9-10-27-24-15(20)7-8-21(30)29-24/h1-6,9-10,12,17,22-23H,7-8,11,26H2,(H,28,31)(H,27,29,30). The van der Waals surface area contributed by atoms with E-state index in [4.69, 9.17) is 10.5 Å². The number of carbonyl (C=O) groups excluding carboxylic acids is 2. The van der Waals surface area contributed by atoms with E-state index >= 15 is 0 Å². The third-order valence-electron chi connectivity index (χ3n) is 6.72. The van der Waals surface area contributed by atoms with Gasteiger partial charge in [0.25, 0.3) is 0 Å². The van der Waals surface area contributed by atoms with Crippen molar-refractivity contribution in [3.63, 3.8) is 0 Å². The monoisotopic (exact) mass is 426 g/mol. The lowest BCUT2D eigenvalue weighted by atomic mass is 10.0. The lowest BCUT2D eigenvalue weighted by Crippen LogP contribution is -2.20. The molecule has 160 valence electrons. The molecule has 3 aliphatic rings. The number of rotatable bonds is 4. The predicted molar refractivity (Wildman–Crippen MR) is 121 cm³/mol. The molecule has 3 aromatic rings. The van der Waals surface area contributed by atoms with E-state index in [9.17, 15) is 9.59 Å². The molecule has 7 heteroatoms. The maximum atomic E-state index is 12.9. The van der Waals surface area contributed by atoms with Crippen LogP contribution in [-0.4, -0.2) is 16.8 Å². The number of aromatic nitrogens is 1. The first-order chi connectivity index (χ1) is 15.6. The number of anilines is 3. The number of nitrogen functional groups attached to an aromatic ring is 1. The van der Waals surface area contributed by atoms with Crippen molar-refractivity contribution in [3.05, 3.63) is 71.4 Å². The van der Waals surface area contributed by atoms with Crippen molar-refractivity contribution in [2.45, 2.75) is 25.2 Å². The van der Waals surface area contributed by atoms with E-state index in [-0.39, 0.29) is 23.7 Å². The van der Waals surface area contributed by atoms with Crippen molar-refractivity contribution in [3.8, 4) is 11.5 Å². The minimum absolute atomic E-state index is 0.0221. The fourth-order valence-corrected chi connectivity index (χ4v) is 5.10. The van der Waals surface area contributed by atoms with Crippen LogP contribution in [0.5, 0.6) is 11.5 Å². The summed E-state index contributed by atoms with van der Waals surface area (Å²) < 4.78 is 6.20. The number of nitrogens with one attached hydrogen (secondary N) is 2. The summed E-state index contributed by atoms with van der Waals surface area (Å²) in [6.07, 6.45) is 3.57. The average molecular weight is 426 g/mol. The molecule has 2 aromatic carbocycles. The Balaban J connectivity index is 1.21. The van der Waals surface area contributed by atoms with Crippen molar-refractivity contribution in [1.82, 2.24) is 4.98 Å². The lowest BCUT2D eigenvalue weighted by molar-refractivity contribution is -0.118. The van der Waals surface area contributed by atoms with Crippen LogP contribution in [0, 0.1) is 11.8 Å². The summed E-state index contributed by atoms with van der Waals surface area (Å²) in [5, 5.41) is 5.79. The van der Waals surface area contributed by atoms with Gasteiger partial charge in [-0.05, 0) is 60.2 Å². The van der Waals surface area contributed by atoms with Gasteiger partial charge in [0.05, 0.1) is 11.4 Å². The summed E-state index contributed by atoms with van der Waals surface area (Å²) in [5.74, 6) is 2.50. The average Bonchev–Trinajstić information content (AvgIpc) is 3.38. The molecule has 7 nitrogen and oxygen atoms in total. The minimum Gasteiger partial charge on any atom is -0.457 e. The summed E-state index contributed by atoms with van der Waals surface area (Å²) >= 11 is 0. The second kappa shape index (κ2) is 7.09. The normalized spacial score (nSPS) is 22.2. The van der Waals surface area contributed by atoms with Gasteiger partial charge < -0.3 is 21.1 Å². The summed E-state index contributed by atoms with van der Waals surface area (Å²) in [7, 11) is 0. The van der Waals surface area contributed by atoms with Gasteiger partial charge in [-0.3, -0.25) is 9.59 Å². The molecule has 3 unspecified atom stereocenters. The Bertz CT molecular complexity index is 1270. The molecule has 0 bridgehead atoms. The van der Waals surface area contributed by atoms with Crippen LogP contribution in [0.4, 0.5) is 17.2 Å². The van der Waals surface area contributed by atoms with Crippen LogP contribution in [0.3, 0.4) is 0 Å². The van der Waals surface area contributed by atoms with Crippen molar-refractivity contribution in [1.29, 1.82) is 0 Å². The number of nitrogens with two attached hydrogens (primary N) is 1. The van der Waals surface area contributed by atoms with Gasteiger partial charge >= 0.3 is 0 Å². The number of hydrogen-bond acceptors (Lipinski definition) is 5. The molecule has 32 heavy (non-hydrogen) atoms. The molecule has 6 rings (SSSR count). The van der Waals surface area contributed by atoms with Crippen molar-refractivity contribution < 1.29 is 14.3 Å². The minimum atomic E-state index is -0.0405. The fraction of sp³-hybridized carbons (Fsp3) is 0.240. The van der Waals surface area contributed by atoms with Crippen LogP contribution < -0.4 is 21.1 Å². The maximum Gasteiger partial charge on any atom is 0.228 e. The number of para-hydroxylation sites is 2. The number of ether oxygens (including phenoxy) is 1. The number of fused-ring (bicyclic) bond motifs is 4. The zero-order chi connectivity index (χ0) is 21.8. The van der Waals surface area contributed by atoms with Gasteiger partial charge in [0.15, 0.2) is 0 Å². The van der Waals surface area contributed by atoms with Gasteiger partial charge in [0, 0.05) is 30.0 Å². The summed E-state index contributed by atoms with van der Waals surface area (Å²) in [4.78, 5) is 28.8. The molecule has 0 radical (unpaired) electrons. The van der Waals surface area contributed by atoms with E-state index in [2.05, 4.69) is 27.8 Å². The molecule has 0 spiro atoms. The highest BCUT2D eigenvalue weighted by molar-refractivity contribution is 5.98. The number of amides is 2. The van der Waals surface area contributed by atoms with Crippen LogP contribution in [0.1, 0.15) is 29.0 Å². The molecule has 1 aliphatic heterocycles. The zero-order valence-electron chi connectivity index (χ0n) is 17.3. The van der Waals surface area contributed by atoms with Crippen LogP contribution in [0.25, 0.3) is 0 Å². The second-order valence-electron chi connectivity index (χ2n) is 8.64. The molecular weight excluding hydrogens is 404 g/mol. The number of nitrogens with zero attached hydrogens (tertiary/aromatic N) is 1. The van der Waals surface area contributed by atoms with Crippen LogP contribution in [0.2, 0.25) is 0 Å². The van der Waals surface area contributed by atoms with Gasteiger partial charge in [0.1, 0.15) is 17.3 Å². The molecule has 2 heterocycles. The highest BCUT2D eigenvalue weighted by Gasteiger charge is 2.59.